The van der Waals surface area contributed by atoms with Gasteiger partial charge in [-0.2, -0.15) is 0 Å². The molecule has 0 radical (unpaired) electrons. The fraction of sp³-hybridized carbons (Fsp3) is 0.231. The van der Waals surface area contributed by atoms with Gasteiger partial charge in [-0.1, -0.05) is 11.6 Å². The van der Waals surface area contributed by atoms with E-state index in [1.807, 2.05) is 19.1 Å². The molecule has 1 aromatic carbocycles. The van der Waals surface area contributed by atoms with E-state index in [-0.39, 0.29) is 11.1 Å². The molecule has 3 rings (SSSR count). The number of anilines is 1. The standard InChI is InChI=1S/C13H11ClFNO2/c1-7-2-3-11(17-7)13-6-16-10-4-8(14)9(15)5-12(10)18-13/h2-5,13,16H,6H2,1H3. The lowest BCUT2D eigenvalue weighted by Crippen LogP contribution is -2.23. The maximum absolute atomic E-state index is 13.4. The van der Waals surface area contributed by atoms with E-state index in [1.165, 1.54) is 12.1 Å². The highest BCUT2D eigenvalue weighted by Crippen LogP contribution is 2.37. The zero-order valence-corrected chi connectivity index (χ0v) is 10.4. The van der Waals surface area contributed by atoms with Crippen LogP contribution in [0.1, 0.15) is 17.6 Å². The third-order valence-electron chi connectivity index (χ3n) is 2.85. The molecule has 0 saturated carbocycles. The molecule has 0 amide bonds. The van der Waals surface area contributed by atoms with Gasteiger partial charge in [-0.05, 0) is 25.1 Å². The zero-order valence-electron chi connectivity index (χ0n) is 9.67. The number of nitrogens with one attached hydrogen (secondary N) is 1. The van der Waals surface area contributed by atoms with Gasteiger partial charge in [0.15, 0.2) is 6.10 Å². The number of ether oxygens (including phenoxy) is 1. The molecule has 1 N–H and O–H groups in total. The molecule has 1 aromatic heterocycles. The summed E-state index contributed by atoms with van der Waals surface area (Å²) in [4.78, 5) is 0. The highest BCUT2D eigenvalue weighted by atomic mass is 35.5. The Morgan fingerprint density at radius 1 is 1.39 bits per heavy atom. The van der Waals surface area contributed by atoms with E-state index >= 15 is 0 Å². The SMILES string of the molecule is Cc1ccc(C2CNc3cc(Cl)c(F)cc3O2)o1. The van der Waals surface area contributed by atoms with Crippen LogP contribution in [0.2, 0.25) is 5.02 Å². The van der Waals surface area contributed by atoms with Crippen LogP contribution < -0.4 is 10.1 Å². The first-order valence-electron chi connectivity index (χ1n) is 5.59. The van der Waals surface area contributed by atoms with Crippen LogP contribution in [0.5, 0.6) is 5.75 Å². The summed E-state index contributed by atoms with van der Waals surface area (Å²) in [5.74, 6) is 1.50. The summed E-state index contributed by atoms with van der Waals surface area (Å²) in [6.45, 7) is 2.43. The number of aryl methyl sites for hydroxylation is 1. The van der Waals surface area contributed by atoms with Crippen molar-refractivity contribution in [1.82, 2.24) is 0 Å². The predicted molar refractivity (Wildman–Crippen MR) is 66.7 cm³/mol. The Kier molecular flexibility index (Phi) is 2.67. The van der Waals surface area contributed by atoms with E-state index in [9.17, 15) is 4.39 Å². The van der Waals surface area contributed by atoms with Crippen LogP contribution in [0, 0.1) is 12.7 Å². The molecule has 2 aromatic rings. The van der Waals surface area contributed by atoms with Crippen LogP contribution in [-0.4, -0.2) is 6.54 Å². The summed E-state index contributed by atoms with van der Waals surface area (Å²) in [7, 11) is 0. The van der Waals surface area contributed by atoms with E-state index in [4.69, 9.17) is 20.8 Å². The van der Waals surface area contributed by atoms with E-state index in [0.29, 0.717) is 18.0 Å². The van der Waals surface area contributed by atoms with Crippen LogP contribution in [-0.2, 0) is 0 Å². The quantitative estimate of drug-likeness (QED) is 0.850. The molecular formula is C13H11ClFNO2. The molecule has 2 heterocycles. The van der Waals surface area contributed by atoms with Gasteiger partial charge < -0.3 is 14.5 Å². The van der Waals surface area contributed by atoms with Gasteiger partial charge in [0.1, 0.15) is 23.1 Å². The molecule has 1 unspecified atom stereocenters. The average molecular weight is 268 g/mol. The van der Waals surface area contributed by atoms with E-state index in [2.05, 4.69) is 5.32 Å². The molecule has 0 saturated heterocycles. The summed E-state index contributed by atoms with van der Waals surface area (Å²) in [6, 6.07) is 6.54. The minimum atomic E-state index is -0.492. The lowest BCUT2D eigenvalue weighted by Gasteiger charge is -2.26. The Morgan fingerprint density at radius 2 is 2.22 bits per heavy atom. The minimum Gasteiger partial charge on any atom is -0.478 e. The number of fused-ring (bicyclic) bond motifs is 1. The van der Waals surface area contributed by atoms with Gasteiger partial charge in [-0.25, -0.2) is 4.39 Å². The third kappa shape index (κ3) is 1.93. The lowest BCUT2D eigenvalue weighted by molar-refractivity contribution is 0.178. The molecule has 1 aliphatic rings. The van der Waals surface area contributed by atoms with Crippen LogP contribution in [0.25, 0.3) is 0 Å². The van der Waals surface area contributed by atoms with Crippen LogP contribution in [0.4, 0.5) is 10.1 Å². The highest BCUT2D eigenvalue weighted by Gasteiger charge is 2.24. The number of halogens is 2. The molecule has 18 heavy (non-hydrogen) atoms. The number of rotatable bonds is 1. The van der Waals surface area contributed by atoms with Crippen molar-refractivity contribution in [3.63, 3.8) is 0 Å². The summed E-state index contributed by atoms with van der Waals surface area (Å²) in [6.07, 6.45) is -0.258. The molecule has 0 aliphatic carbocycles. The monoisotopic (exact) mass is 267 g/mol. The van der Waals surface area contributed by atoms with Gasteiger partial charge in [-0.15, -0.1) is 0 Å². The molecule has 0 spiro atoms. The van der Waals surface area contributed by atoms with Gasteiger partial charge in [0.25, 0.3) is 0 Å². The van der Waals surface area contributed by atoms with Crippen molar-refractivity contribution in [2.45, 2.75) is 13.0 Å². The van der Waals surface area contributed by atoms with Gasteiger partial charge in [-0.3, -0.25) is 0 Å². The second-order valence-electron chi connectivity index (χ2n) is 4.20. The number of hydrogen-bond donors (Lipinski definition) is 1. The van der Waals surface area contributed by atoms with Crippen molar-refractivity contribution in [2.24, 2.45) is 0 Å². The second kappa shape index (κ2) is 4.21. The molecule has 1 atom stereocenters. The maximum atomic E-state index is 13.4. The first-order valence-corrected chi connectivity index (χ1v) is 5.97. The first-order chi connectivity index (χ1) is 8.63. The molecule has 0 bridgehead atoms. The highest BCUT2D eigenvalue weighted by molar-refractivity contribution is 6.31. The van der Waals surface area contributed by atoms with Crippen molar-refractivity contribution >= 4 is 17.3 Å². The lowest BCUT2D eigenvalue weighted by atomic mass is 10.2. The maximum Gasteiger partial charge on any atom is 0.173 e. The van der Waals surface area contributed by atoms with Crippen LogP contribution >= 0.6 is 11.6 Å². The minimum absolute atomic E-state index is 0.0807. The Bertz CT molecular complexity index is 597. The molecule has 1 aliphatic heterocycles. The molecule has 94 valence electrons. The Labute approximate surface area is 109 Å². The number of benzene rings is 1. The average Bonchev–Trinajstić information content (AvgIpc) is 2.77. The van der Waals surface area contributed by atoms with Gasteiger partial charge in [0.2, 0.25) is 0 Å². The smallest absolute Gasteiger partial charge is 0.173 e. The Morgan fingerprint density at radius 3 is 2.94 bits per heavy atom. The van der Waals surface area contributed by atoms with Crippen molar-refractivity contribution in [1.29, 1.82) is 0 Å². The summed E-state index contributed by atoms with van der Waals surface area (Å²) >= 11 is 5.71. The van der Waals surface area contributed by atoms with Gasteiger partial charge in [0.05, 0.1) is 17.3 Å². The van der Waals surface area contributed by atoms with E-state index in [0.717, 1.165) is 11.5 Å². The Balaban J connectivity index is 1.91. The van der Waals surface area contributed by atoms with Crippen LogP contribution in [0.3, 0.4) is 0 Å². The predicted octanol–water partition coefficient (Wildman–Crippen LogP) is 3.93. The van der Waals surface area contributed by atoms with Gasteiger partial charge in [0, 0.05) is 6.07 Å². The number of furan rings is 1. The van der Waals surface area contributed by atoms with Crippen molar-refractivity contribution < 1.29 is 13.5 Å². The second-order valence-corrected chi connectivity index (χ2v) is 4.61. The molecule has 3 nitrogen and oxygen atoms in total. The fourth-order valence-corrected chi connectivity index (χ4v) is 2.11. The van der Waals surface area contributed by atoms with Crippen LogP contribution in [0.15, 0.2) is 28.7 Å². The van der Waals surface area contributed by atoms with E-state index in [1.54, 1.807) is 0 Å². The fourth-order valence-electron chi connectivity index (χ4n) is 1.95. The van der Waals surface area contributed by atoms with Crippen molar-refractivity contribution in [2.75, 3.05) is 11.9 Å². The summed E-state index contributed by atoms with van der Waals surface area (Å²) < 4.78 is 24.6. The topological polar surface area (TPSA) is 34.4 Å². The number of hydrogen-bond acceptors (Lipinski definition) is 3. The zero-order chi connectivity index (χ0) is 12.7. The molecule has 5 heteroatoms. The van der Waals surface area contributed by atoms with Crippen molar-refractivity contribution in [3.05, 3.63) is 46.6 Å². The Hall–Kier alpha value is -1.68. The summed E-state index contributed by atoms with van der Waals surface area (Å²) in [5, 5.41) is 3.23. The first kappa shape index (κ1) is 11.4. The van der Waals surface area contributed by atoms with Crippen molar-refractivity contribution in [3.8, 4) is 5.75 Å². The normalized spacial score (nSPS) is 17.8. The summed E-state index contributed by atoms with van der Waals surface area (Å²) in [5.41, 5.74) is 0.695. The van der Waals surface area contributed by atoms with E-state index < -0.39 is 5.82 Å². The molecular weight excluding hydrogens is 257 g/mol. The largest absolute Gasteiger partial charge is 0.478 e. The molecule has 0 fully saturated rings. The third-order valence-corrected chi connectivity index (χ3v) is 3.14. The van der Waals surface area contributed by atoms with Gasteiger partial charge >= 0.3 is 0 Å².